The van der Waals surface area contributed by atoms with Crippen LogP contribution < -0.4 is 9.62 Å². The van der Waals surface area contributed by atoms with Gasteiger partial charge in [0.05, 0.1) is 39.7 Å². The van der Waals surface area contributed by atoms with Gasteiger partial charge < -0.3 is 10.1 Å². The Morgan fingerprint density at radius 2 is 1.68 bits per heavy atom. The molecule has 150 valence electrons. The van der Waals surface area contributed by atoms with Crippen LogP contribution in [0.1, 0.15) is 27.6 Å². The highest BCUT2D eigenvalue weighted by molar-refractivity contribution is 7.92. The number of benzene rings is 2. The van der Waals surface area contributed by atoms with E-state index >= 15 is 0 Å². The van der Waals surface area contributed by atoms with Crippen LogP contribution in [-0.4, -0.2) is 40.2 Å². The van der Waals surface area contributed by atoms with Gasteiger partial charge in [-0.3, -0.25) is 9.10 Å². The van der Waals surface area contributed by atoms with E-state index in [1.807, 2.05) is 0 Å². The minimum Gasteiger partial charge on any atom is -0.462 e. The average molecular weight is 445 g/mol. The lowest BCUT2D eigenvalue weighted by Crippen LogP contribution is -2.25. The average Bonchev–Trinajstić information content (AvgIpc) is 2.60. The molecule has 2 aromatic carbocycles. The van der Waals surface area contributed by atoms with Gasteiger partial charge in [-0.2, -0.15) is 0 Å². The van der Waals surface area contributed by atoms with Gasteiger partial charge in [0, 0.05) is 12.7 Å². The van der Waals surface area contributed by atoms with Crippen molar-refractivity contribution >= 4 is 56.5 Å². The molecule has 10 heteroatoms. The van der Waals surface area contributed by atoms with Gasteiger partial charge >= 0.3 is 5.97 Å². The summed E-state index contributed by atoms with van der Waals surface area (Å²) in [5.74, 6) is -1.07. The smallest absolute Gasteiger partial charge is 0.339 e. The molecule has 1 amide bonds. The van der Waals surface area contributed by atoms with E-state index in [1.54, 1.807) is 6.92 Å². The summed E-state index contributed by atoms with van der Waals surface area (Å²) in [7, 11) is -2.07. The van der Waals surface area contributed by atoms with Gasteiger partial charge in [0.1, 0.15) is 0 Å². The second-order valence-electron chi connectivity index (χ2n) is 5.76. The molecule has 0 saturated carbocycles. The number of ether oxygens (including phenoxy) is 1. The number of nitrogens with one attached hydrogen (secondary N) is 1. The third kappa shape index (κ3) is 5.15. The summed E-state index contributed by atoms with van der Waals surface area (Å²) >= 11 is 12.2. The van der Waals surface area contributed by atoms with Gasteiger partial charge in [0.15, 0.2) is 0 Å². The summed E-state index contributed by atoms with van der Waals surface area (Å²) in [5, 5.41) is 2.84. The van der Waals surface area contributed by atoms with E-state index < -0.39 is 21.9 Å². The fourth-order valence-electron chi connectivity index (χ4n) is 2.24. The lowest BCUT2D eigenvalue weighted by Gasteiger charge is -2.17. The lowest BCUT2D eigenvalue weighted by molar-refractivity contribution is 0.0526. The predicted octanol–water partition coefficient (Wildman–Crippen LogP) is 3.82. The number of hydrogen-bond donors (Lipinski definition) is 1. The minimum atomic E-state index is -3.45. The molecule has 0 fully saturated rings. The second kappa shape index (κ2) is 8.81. The summed E-state index contributed by atoms with van der Waals surface area (Å²) in [4.78, 5) is 24.2. The number of sulfonamides is 1. The van der Waals surface area contributed by atoms with Crippen molar-refractivity contribution in [3.63, 3.8) is 0 Å². The molecular weight excluding hydrogens is 427 g/mol. The molecule has 7 nitrogen and oxygen atoms in total. The van der Waals surface area contributed by atoms with Crippen LogP contribution in [0.25, 0.3) is 0 Å². The van der Waals surface area contributed by atoms with Crippen molar-refractivity contribution in [1.82, 2.24) is 0 Å². The lowest BCUT2D eigenvalue weighted by atomic mass is 10.1. The number of amides is 1. The quantitative estimate of drug-likeness (QED) is 0.683. The van der Waals surface area contributed by atoms with Crippen molar-refractivity contribution in [1.29, 1.82) is 0 Å². The number of carbonyl (C=O) groups is 2. The van der Waals surface area contributed by atoms with Crippen molar-refractivity contribution in [3.8, 4) is 0 Å². The summed E-state index contributed by atoms with van der Waals surface area (Å²) in [5.41, 5.74) is 1.02. The molecule has 0 aliphatic carbocycles. The molecule has 0 heterocycles. The van der Waals surface area contributed by atoms with Gasteiger partial charge in [-0.25, -0.2) is 13.2 Å². The Hall–Kier alpha value is -2.29. The van der Waals surface area contributed by atoms with Gasteiger partial charge in [0.2, 0.25) is 10.0 Å². The molecule has 1 N–H and O–H groups in total. The van der Waals surface area contributed by atoms with Crippen LogP contribution in [0.4, 0.5) is 11.4 Å². The number of carbonyl (C=O) groups excluding carboxylic acids is 2. The zero-order valence-corrected chi connectivity index (χ0v) is 17.7. The first-order chi connectivity index (χ1) is 13.0. The third-order valence-corrected chi connectivity index (χ3v) is 5.61. The first-order valence-corrected chi connectivity index (χ1v) is 10.7. The maximum Gasteiger partial charge on any atom is 0.339 e. The summed E-state index contributed by atoms with van der Waals surface area (Å²) in [6, 6.07) is 8.65. The maximum absolute atomic E-state index is 12.5. The van der Waals surface area contributed by atoms with Gasteiger partial charge in [-0.15, -0.1) is 0 Å². The van der Waals surface area contributed by atoms with Crippen LogP contribution >= 0.6 is 23.2 Å². The van der Waals surface area contributed by atoms with Crippen molar-refractivity contribution in [2.45, 2.75) is 6.92 Å². The van der Waals surface area contributed by atoms with E-state index in [-0.39, 0.29) is 27.8 Å². The van der Waals surface area contributed by atoms with E-state index in [2.05, 4.69) is 5.32 Å². The minimum absolute atomic E-state index is 0.0831. The van der Waals surface area contributed by atoms with E-state index in [4.69, 9.17) is 27.9 Å². The van der Waals surface area contributed by atoms with Gasteiger partial charge in [-0.05, 0) is 43.3 Å². The number of hydrogen-bond acceptors (Lipinski definition) is 5. The molecule has 0 aromatic heterocycles. The Morgan fingerprint density at radius 3 is 2.21 bits per heavy atom. The molecule has 0 bridgehead atoms. The molecule has 0 atom stereocenters. The Kier molecular flexibility index (Phi) is 6.92. The topological polar surface area (TPSA) is 92.8 Å². The molecular formula is C18H18Cl2N2O5S. The van der Waals surface area contributed by atoms with Crippen LogP contribution in [0.5, 0.6) is 0 Å². The SMILES string of the molecule is CCOC(=O)c1ccc(NC(=O)c2ccc(N(C)S(C)(=O)=O)cc2Cl)cc1Cl. The molecule has 0 saturated heterocycles. The number of nitrogens with zero attached hydrogens (tertiary/aromatic N) is 1. The van der Waals surface area contributed by atoms with Crippen LogP contribution in [0.15, 0.2) is 36.4 Å². The van der Waals surface area contributed by atoms with Crippen LogP contribution in [-0.2, 0) is 14.8 Å². The molecule has 0 aliphatic heterocycles. The summed E-state index contributed by atoms with van der Waals surface area (Å²) in [6.07, 6.45) is 1.06. The van der Waals surface area contributed by atoms with E-state index in [0.717, 1.165) is 10.6 Å². The van der Waals surface area contributed by atoms with Crippen molar-refractivity contribution in [2.75, 3.05) is 29.5 Å². The highest BCUT2D eigenvalue weighted by atomic mass is 35.5. The Morgan fingerprint density at radius 1 is 1.07 bits per heavy atom. The summed E-state index contributed by atoms with van der Waals surface area (Å²) < 4.78 is 29.2. The van der Waals surface area contributed by atoms with E-state index in [0.29, 0.717) is 11.4 Å². The molecule has 28 heavy (non-hydrogen) atoms. The second-order valence-corrected chi connectivity index (χ2v) is 8.59. The predicted molar refractivity (Wildman–Crippen MR) is 110 cm³/mol. The number of rotatable bonds is 6. The number of esters is 1. The normalized spacial score (nSPS) is 11.0. The molecule has 0 unspecified atom stereocenters. The van der Waals surface area contributed by atoms with Crippen molar-refractivity contribution in [3.05, 3.63) is 57.6 Å². The standard InChI is InChI=1S/C18H18Cl2N2O5S/c1-4-27-18(24)14-7-5-11(9-15(14)19)21-17(23)13-8-6-12(10-16(13)20)22(2)28(3,25)26/h5-10H,4H2,1-3H3,(H,21,23). The third-order valence-electron chi connectivity index (χ3n) is 3.78. The molecule has 0 radical (unpaired) electrons. The molecule has 2 aromatic rings. The highest BCUT2D eigenvalue weighted by Crippen LogP contribution is 2.26. The zero-order valence-electron chi connectivity index (χ0n) is 15.3. The number of halogens is 2. The van der Waals surface area contributed by atoms with Gasteiger partial charge in [-0.1, -0.05) is 23.2 Å². The van der Waals surface area contributed by atoms with Gasteiger partial charge in [0.25, 0.3) is 5.91 Å². The molecule has 0 spiro atoms. The monoisotopic (exact) mass is 444 g/mol. The summed E-state index contributed by atoms with van der Waals surface area (Å²) in [6.45, 7) is 1.90. The van der Waals surface area contributed by atoms with Crippen LogP contribution in [0.3, 0.4) is 0 Å². The first-order valence-electron chi connectivity index (χ1n) is 8.06. The Labute approximate surface area is 173 Å². The fourth-order valence-corrected chi connectivity index (χ4v) is 3.26. The Balaban J connectivity index is 2.21. The first kappa shape index (κ1) is 22.0. The molecule has 2 rings (SSSR count). The number of anilines is 2. The van der Waals surface area contributed by atoms with Crippen molar-refractivity contribution < 1.29 is 22.7 Å². The molecule has 0 aliphatic rings. The highest BCUT2D eigenvalue weighted by Gasteiger charge is 2.17. The van der Waals surface area contributed by atoms with E-state index in [9.17, 15) is 18.0 Å². The van der Waals surface area contributed by atoms with Crippen LogP contribution in [0.2, 0.25) is 10.0 Å². The van der Waals surface area contributed by atoms with E-state index in [1.165, 1.54) is 43.4 Å². The largest absolute Gasteiger partial charge is 0.462 e. The van der Waals surface area contributed by atoms with Crippen LogP contribution in [0, 0.1) is 0 Å². The zero-order chi connectivity index (χ0) is 21.1. The maximum atomic E-state index is 12.5. The van der Waals surface area contributed by atoms with Crippen molar-refractivity contribution in [2.24, 2.45) is 0 Å². The fraction of sp³-hybridized carbons (Fsp3) is 0.222. The Bertz CT molecular complexity index is 1020.